The van der Waals surface area contributed by atoms with Crippen molar-refractivity contribution in [3.05, 3.63) is 88.0 Å². The Hall–Kier alpha value is -2.79. The monoisotopic (exact) mass is 380 g/mol. The van der Waals surface area contributed by atoms with Gasteiger partial charge in [0.1, 0.15) is 5.65 Å². The second-order valence-corrected chi connectivity index (χ2v) is 7.06. The summed E-state index contributed by atoms with van der Waals surface area (Å²) < 4.78 is 14.5. The lowest BCUT2D eigenvalue weighted by atomic mass is 10.0. The molecule has 0 fully saturated rings. The zero-order chi connectivity index (χ0) is 18.8. The molecule has 0 bridgehead atoms. The Bertz CT molecular complexity index is 1090. The first-order valence-corrected chi connectivity index (χ1v) is 9.13. The molecule has 0 aliphatic carbocycles. The summed E-state index contributed by atoms with van der Waals surface area (Å²) in [5.41, 5.74) is 5.10. The number of aryl methyl sites for hydroxylation is 3. The molecule has 4 rings (SSSR count). The van der Waals surface area contributed by atoms with E-state index in [9.17, 15) is 4.39 Å². The summed E-state index contributed by atoms with van der Waals surface area (Å²) in [6.45, 7) is 2.00. The Kier molecular flexibility index (Phi) is 4.86. The number of pyridine rings is 3. The van der Waals surface area contributed by atoms with Crippen LogP contribution in [0.1, 0.15) is 28.1 Å². The Morgan fingerprint density at radius 2 is 1.81 bits per heavy atom. The molecule has 0 saturated heterocycles. The molecule has 6 heteroatoms. The van der Waals surface area contributed by atoms with Crippen molar-refractivity contribution < 1.29 is 4.39 Å². The van der Waals surface area contributed by atoms with Crippen LogP contribution in [0.3, 0.4) is 0 Å². The Labute approximate surface area is 161 Å². The van der Waals surface area contributed by atoms with Crippen LogP contribution in [0.15, 0.2) is 48.9 Å². The molecule has 27 heavy (non-hydrogen) atoms. The summed E-state index contributed by atoms with van der Waals surface area (Å²) in [7, 11) is 0. The quantitative estimate of drug-likeness (QED) is 0.504. The fourth-order valence-electron chi connectivity index (χ4n) is 3.10. The number of nitrogens with zero attached hydrogens (tertiary/aromatic N) is 3. The summed E-state index contributed by atoms with van der Waals surface area (Å²) >= 11 is 5.84. The molecular formula is C21H18ClFN4. The zero-order valence-electron chi connectivity index (χ0n) is 14.8. The van der Waals surface area contributed by atoms with Crippen LogP contribution in [-0.2, 0) is 19.3 Å². The second kappa shape index (κ2) is 7.45. The second-order valence-electron chi connectivity index (χ2n) is 6.62. The van der Waals surface area contributed by atoms with Gasteiger partial charge in [-0.2, -0.15) is 4.39 Å². The predicted molar refractivity (Wildman–Crippen MR) is 104 cm³/mol. The molecule has 0 aromatic carbocycles. The maximum absolute atomic E-state index is 14.5. The van der Waals surface area contributed by atoms with Crippen molar-refractivity contribution in [1.82, 2.24) is 19.9 Å². The van der Waals surface area contributed by atoms with E-state index in [1.54, 1.807) is 12.3 Å². The van der Waals surface area contributed by atoms with Gasteiger partial charge < -0.3 is 4.98 Å². The molecule has 0 atom stereocenters. The molecule has 0 radical (unpaired) electrons. The number of hydrogen-bond acceptors (Lipinski definition) is 3. The minimum Gasteiger partial charge on any atom is -0.346 e. The average Bonchev–Trinajstić information content (AvgIpc) is 3.05. The van der Waals surface area contributed by atoms with Crippen LogP contribution in [0.4, 0.5) is 4.39 Å². The highest BCUT2D eigenvalue weighted by Crippen LogP contribution is 2.22. The fraction of sp³-hybridized carbons (Fsp3) is 0.190. The Morgan fingerprint density at radius 3 is 2.59 bits per heavy atom. The third-order valence-corrected chi connectivity index (χ3v) is 4.77. The van der Waals surface area contributed by atoms with Crippen LogP contribution in [-0.4, -0.2) is 19.9 Å². The third kappa shape index (κ3) is 3.98. The topological polar surface area (TPSA) is 54.5 Å². The molecular weight excluding hydrogens is 363 g/mol. The molecule has 0 aliphatic rings. The third-order valence-electron chi connectivity index (χ3n) is 4.54. The lowest BCUT2D eigenvalue weighted by Gasteiger charge is -2.06. The number of hydrogen-bond donors (Lipinski definition) is 1. The summed E-state index contributed by atoms with van der Waals surface area (Å²) in [4.78, 5) is 15.9. The number of aromatic nitrogens is 4. The molecule has 1 N–H and O–H groups in total. The van der Waals surface area contributed by atoms with Crippen molar-refractivity contribution in [3.8, 4) is 0 Å². The van der Waals surface area contributed by atoms with Crippen LogP contribution in [0, 0.1) is 12.9 Å². The van der Waals surface area contributed by atoms with Crippen molar-refractivity contribution in [2.45, 2.75) is 26.2 Å². The Balaban J connectivity index is 1.49. The normalized spacial score (nSPS) is 11.2. The van der Waals surface area contributed by atoms with E-state index in [0.717, 1.165) is 27.9 Å². The molecule has 0 spiro atoms. The molecule has 4 aromatic heterocycles. The lowest BCUT2D eigenvalue weighted by molar-refractivity contribution is 0.562. The van der Waals surface area contributed by atoms with E-state index in [-0.39, 0.29) is 0 Å². The van der Waals surface area contributed by atoms with Gasteiger partial charge in [-0.25, -0.2) is 9.97 Å². The van der Waals surface area contributed by atoms with Crippen LogP contribution in [0.2, 0.25) is 5.02 Å². The summed E-state index contributed by atoms with van der Waals surface area (Å²) in [6.07, 6.45) is 7.11. The summed E-state index contributed by atoms with van der Waals surface area (Å²) in [5, 5.41) is 1.63. The molecule has 4 heterocycles. The van der Waals surface area contributed by atoms with Gasteiger partial charge in [0.2, 0.25) is 5.95 Å². The number of halogens is 2. The van der Waals surface area contributed by atoms with Crippen LogP contribution >= 0.6 is 11.6 Å². The van der Waals surface area contributed by atoms with E-state index in [1.165, 1.54) is 0 Å². The standard InChI is InChI=1S/C21H18ClFN4/c1-13-8-19-15(11-26-21(19)25-10-13)9-14-2-4-18(27-20(14)23)7-6-17-5-3-16(22)12-24-17/h2-5,8,10-12H,6-7,9H2,1H3,(H,25,26). The van der Waals surface area contributed by atoms with E-state index in [4.69, 9.17) is 11.6 Å². The van der Waals surface area contributed by atoms with E-state index >= 15 is 0 Å². The van der Waals surface area contributed by atoms with Gasteiger partial charge in [-0.05, 0) is 55.2 Å². The van der Waals surface area contributed by atoms with Gasteiger partial charge in [0, 0.05) is 47.3 Å². The van der Waals surface area contributed by atoms with Gasteiger partial charge in [0.15, 0.2) is 0 Å². The molecule has 4 nitrogen and oxygen atoms in total. The molecule has 136 valence electrons. The summed E-state index contributed by atoms with van der Waals surface area (Å²) in [6, 6.07) is 9.44. The van der Waals surface area contributed by atoms with Crippen molar-refractivity contribution in [3.63, 3.8) is 0 Å². The maximum Gasteiger partial charge on any atom is 0.216 e. The highest BCUT2D eigenvalue weighted by atomic mass is 35.5. The van der Waals surface area contributed by atoms with E-state index < -0.39 is 5.95 Å². The van der Waals surface area contributed by atoms with Crippen molar-refractivity contribution in [2.75, 3.05) is 0 Å². The highest BCUT2D eigenvalue weighted by molar-refractivity contribution is 6.30. The summed E-state index contributed by atoms with van der Waals surface area (Å²) in [5.74, 6) is -0.425. The van der Waals surface area contributed by atoms with Gasteiger partial charge in [0.25, 0.3) is 0 Å². The van der Waals surface area contributed by atoms with Gasteiger partial charge >= 0.3 is 0 Å². The van der Waals surface area contributed by atoms with Crippen molar-refractivity contribution in [2.24, 2.45) is 0 Å². The largest absolute Gasteiger partial charge is 0.346 e. The van der Waals surface area contributed by atoms with Crippen LogP contribution in [0.5, 0.6) is 0 Å². The van der Waals surface area contributed by atoms with Gasteiger partial charge in [-0.1, -0.05) is 17.7 Å². The molecule has 4 aromatic rings. The van der Waals surface area contributed by atoms with Gasteiger partial charge in [-0.15, -0.1) is 0 Å². The first-order valence-electron chi connectivity index (χ1n) is 8.76. The van der Waals surface area contributed by atoms with Crippen molar-refractivity contribution in [1.29, 1.82) is 0 Å². The molecule has 0 amide bonds. The van der Waals surface area contributed by atoms with E-state index in [1.807, 2.05) is 37.5 Å². The van der Waals surface area contributed by atoms with Gasteiger partial charge in [-0.3, -0.25) is 4.98 Å². The lowest BCUT2D eigenvalue weighted by Crippen LogP contribution is -2.02. The first-order chi connectivity index (χ1) is 13.1. The highest BCUT2D eigenvalue weighted by Gasteiger charge is 2.11. The van der Waals surface area contributed by atoms with Crippen LogP contribution < -0.4 is 0 Å². The Morgan fingerprint density at radius 1 is 1.00 bits per heavy atom. The number of fused-ring (bicyclic) bond motifs is 1. The first kappa shape index (κ1) is 17.6. The fourth-order valence-corrected chi connectivity index (χ4v) is 3.21. The van der Waals surface area contributed by atoms with Gasteiger partial charge in [0.05, 0.1) is 5.02 Å². The predicted octanol–water partition coefficient (Wildman–Crippen LogP) is 4.83. The molecule has 0 unspecified atom stereocenters. The SMILES string of the molecule is Cc1cnc2[nH]cc(Cc3ccc(CCc4ccc(Cl)cn4)nc3F)c2c1. The number of H-pyrrole nitrogens is 1. The number of nitrogens with one attached hydrogen (secondary N) is 1. The van der Waals surface area contributed by atoms with E-state index in [2.05, 4.69) is 26.0 Å². The zero-order valence-corrected chi connectivity index (χ0v) is 15.6. The van der Waals surface area contributed by atoms with Crippen LogP contribution in [0.25, 0.3) is 11.0 Å². The average molecular weight is 381 g/mol. The van der Waals surface area contributed by atoms with Crippen molar-refractivity contribution >= 4 is 22.6 Å². The number of rotatable bonds is 5. The maximum atomic E-state index is 14.5. The molecule has 0 saturated carbocycles. The smallest absolute Gasteiger partial charge is 0.216 e. The minimum absolute atomic E-state index is 0.425. The minimum atomic E-state index is -0.425. The number of aromatic amines is 1. The molecule has 0 aliphatic heterocycles. The van der Waals surface area contributed by atoms with E-state index in [0.29, 0.717) is 35.5 Å².